The van der Waals surface area contributed by atoms with Crippen molar-refractivity contribution in [3.05, 3.63) is 0 Å². The Morgan fingerprint density at radius 3 is 2.94 bits per heavy atom. The predicted molar refractivity (Wildman–Crippen MR) is 71.7 cm³/mol. The molecule has 0 saturated carbocycles. The summed E-state index contributed by atoms with van der Waals surface area (Å²) in [6.45, 7) is 7.51. The second-order valence-electron chi connectivity index (χ2n) is 5.28. The molecule has 2 unspecified atom stereocenters. The first-order valence-corrected chi connectivity index (χ1v) is 7.10. The van der Waals surface area contributed by atoms with Crippen LogP contribution in [0.25, 0.3) is 0 Å². The molecule has 2 atom stereocenters. The van der Waals surface area contributed by atoms with Crippen LogP contribution in [0.5, 0.6) is 0 Å². The van der Waals surface area contributed by atoms with Gasteiger partial charge in [-0.2, -0.15) is 0 Å². The Morgan fingerprint density at radius 1 is 1.28 bits per heavy atom. The van der Waals surface area contributed by atoms with Crippen LogP contribution in [-0.4, -0.2) is 81.5 Å². The molecule has 0 aliphatic carbocycles. The van der Waals surface area contributed by atoms with Crippen LogP contribution in [0.2, 0.25) is 0 Å². The molecule has 18 heavy (non-hydrogen) atoms. The van der Waals surface area contributed by atoms with Gasteiger partial charge >= 0.3 is 0 Å². The van der Waals surface area contributed by atoms with E-state index >= 15 is 0 Å². The number of nitrogens with zero attached hydrogens (tertiary/aromatic N) is 2. The highest BCUT2D eigenvalue weighted by molar-refractivity contribution is 4.89. The molecule has 0 spiro atoms. The van der Waals surface area contributed by atoms with E-state index in [2.05, 4.69) is 9.80 Å². The molecule has 2 N–H and O–H groups in total. The minimum atomic E-state index is 0.365. The normalized spacial score (nSPS) is 27.3. The first-order chi connectivity index (χ1) is 8.85. The van der Waals surface area contributed by atoms with Gasteiger partial charge in [0, 0.05) is 45.4 Å². The zero-order valence-electron chi connectivity index (χ0n) is 11.5. The minimum absolute atomic E-state index is 0.365. The van der Waals surface area contributed by atoms with E-state index in [9.17, 15) is 0 Å². The molecule has 0 bridgehead atoms. The van der Waals surface area contributed by atoms with Crippen LogP contribution in [0.15, 0.2) is 0 Å². The number of piperazine rings is 1. The van der Waals surface area contributed by atoms with Crippen LogP contribution in [0.3, 0.4) is 0 Å². The van der Waals surface area contributed by atoms with Crippen molar-refractivity contribution in [3.8, 4) is 0 Å². The Balaban J connectivity index is 1.73. The Kier molecular flexibility index (Phi) is 5.85. The molecule has 0 aromatic carbocycles. The van der Waals surface area contributed by atoms with Gasteiger partial charge in [0.05, 0.1) is 19.8 Å². The molecule has 2 fully saturated rings. The number of rotatable bonds is 7. The summed E-state index contributed by atoms with van der Waals surface area (Å²) in [5.41, 5.74) is 5.89. The van der Waals surface area contributed by atoms with Gasteiger partial charge in [0.25, 0.3) is 0 Å². The molecule has 2 aliphatic heterocycles. The third-order valence-corrected chi connectivity index (χ3v) is 4.15. The quantitative estimate of drug-likeness (QED) is 0.638. The van der Waals surface area contributed by atoms with Crippen LogP contribution >= 0.6 is 0 Å². The van der Waals surface area contributed by atoms with Crippen molar-refractivity contribution in [3.63, 3.8) is 0 Å². The molecule has 0 aromatic rings. The lowest BCUT2D eigenvalue weighted by Crippen LogP contribution is -2.56. The number of fused-ring (bicyclic) bond motifs is 1. The maximum atomic E-state index is 5.89. The van der Waals surface area contributed by atoms with Gasteiger partial charge < -0.3 is 15.2 Å². The topological polar surface area (TPSA) is 51.0 Å². The van der Waals surface area contributed by atoms with Gasteiger partial charge in [-0.25, -0.2) is 0 Å². The fourth-order valence-corrected chi connectivity index (χ4v) is 3.03. The molecule has 2 heterocycles. The average Bonchev–Trinajstić information content (AvgIpc) is 2.86. The van der Waals surface area contributed by atoms with Crippen LogP contribution in [0, 0.1) is 0 Å². The first kappa shape index (κ1) is 14.2. The number of nitrogens with two attached hydrogens (primary N) is 1. The van der Waals surface area contributed by atoms with E-state index in [1.54, 1.807) is 7.11 Å². The molecule has 0 aromatic heterocycles. The maximum absolute atomic E-state index is 5.89. The summed E-state index contributed by atoms with van der Waals surface area (Å²) in [4.78, 5) is 5.13. The highest BCUT2D eigenvalue weighted by Crippen LogP contribution is 2.22. The fourth-order valence-electron chi connectivity index (χ4n) is 3.03. The highest BCUT2D eigenvalue weighted by atomic mass is 16.5. The lowest BCUT2D eigenvalue weighted by Gasteiger charge is -2.41. The smallest absolute Gasteiger partial charge is 0.0701 e. The Bertz CT molecular complexity index is 240. The van der Waals surface area contributed by atoms with Gasteiger partial charge in [-0.3, -0.25) is 9.80 Å². The van der Waals surface area contributed by atoms with Crippen LogP contribution in [0.4, 0.5) is 0 Å². The second-order valence-corrected chi connectivity index (χ2v) is 5.28. The molecule has 2 saturated heterocycles. The largest absolute Gasteiger partial charge is 0.382 e. The van der Waals surface area contributed by atoms with E-state index in [1.807, 2.05) is 0 Å². The fraction of sp³-hybridized carbons (Fsp3) is 1.00. The van der Waals surface area contributed by atoms with Crippen LogP contribution in [0.1, 0.15) is 12.8 Å². The van der Waals surface area contributed by atoms with E-state index in [-0.39, 0.29) is 0 Å². The first-order valence-electron chi connectivity index (χ1n) is 7.10. The Labute approximate surface area is 110 Å². The Hall–Kier alpha value is -0.200. The van der Waals surface area contributed by atoms with Gasteiger partial charge in [0.15, 0.2) is 0 Å². The van der Waals surface area contributed by atoms with Gasteiger partial charge in [0.1, 0.15) is 0 Å². The molecule has 5 nitrogen and oxygen atoms in total. The zero-order valence-corrected chi connectivity index (χ0v) is 11.5. The SMILES string of the molecule is COCCOCC(CN)N1CCN2CCCC2C1. The molecular formula is C13H27N3O2. The van der Waals surface area contributed by atoms with Crippen molar-refractivity contribution >= 4 is 0 Å². The Morgan fingerprint density at radius 2 is 2.17 bits per heavy atom. The van der Waals surface area contributed by atoms with Crippen LogP contribution < -0.4 is 5.73 Å². The molecule has 5 heteroatoms. The van der Waals surface area contributed by atoms with E-state index in [4.69, 9.17) is 15.2 Å². The summed E-state index contributed by atoms with van der Waals surface area (Å²) in [5, 5.41) is 0. The minimum Gasteiger partial charge on any atom is -0.382 e. The predicted octanol–water partition coefficient (Wildman–Crippen LogP) is -0.243. The van der Waals surface area contributed by atoms with Crippen molar-refractivity contribution in [2.24, 2.45) is 5.73 Å². The molecule has 0 amide bonds. The lowest BCUT2D eigenvalue weighted by atomic mass is 10.1. The molecule has 2 aliphatic rings. The molecular weight excluding hydrogens is 230 g/mol. The summed E-state index contributed by atoms with van der Waals surface area (Å²) in [6.07, 6.45) is 2.70. The summed E-state index contributed by atoms with van der Waals surface area (Å²) in [6, 6.07) is 1.12. The van der Waals surface area contributed by atoms with E-state index in [0.29, 0.717) is 25.8 Å². The number of ether oxygens (including phenoxy) is 2. The van der Waals surface area contributed by atoms with Crippen molar-refractivity contribution in [2.75, 3.05) is 59.7 Å². The molecule has 0 radical (unpaired) electrons. The summed E-state index contributed by atoms with van der Waals surface area (Å²) >= 11 is 0. The standard InChI is InChI=1S/C13H27N3O2/c1-17-7-8-18-11-13(9-14)16-6-5-15-4-2-3-12(15)10-16/h12-13H,2-11,14H2,1H3. The number of methoxy groups -OCH3 is 1. The maximum Gasteiger partial charge on any atom is 0.0701 e. The van der Waals surface area contributed by atoms with Crippen molar-refractivity contribution < 1.29 is 9.47 Å². The third-order valence-electron chi connectivity index (χ3n) is 4.15. The number of hydrogen-bond donors (Lipinski definition) is 1. The monoisotopic (exact) mass is 257 g/mol. The van der Waals surface area contributed by atoms with E-state index in [1.165, 1.54) is 25.9 Å². The third kappa shape index (κ3) is 3.65. The van der Waals surface area contributed by atoms with Gasteiger partial charge in [-0.15, -0.1) is 0 Å². The van der Waals surface area contributed by atoms with Gasteiger partial charge in [0.2, 0.25) is 0 Å². The van der Waals surface area contributed by atoms with Crippen molar-refractivity contribution in [1.82, 2.24) is 9.80 Å². The van der Waals surface area contributed by atoms with E-state index < -0.39 is 0 Å². The zero-order chi connectivity index (χ0) is 12.8. The second kappa shape index (κ2) is 7.40. The highest BCUT2D eigenvalue weighted by Gasteiger charge is 2.32. The van der Waals surface area contributed by atoms with Gasteiger partial charge in [-0.1, -0.05) is 0 Å². The van der Waals surface area contributed by atoms with Gasteiger partial charge in [-0.05, 0) is 19.4 Å². The van der Waals surface area contributed by atoms with Crippen LogP contribution in [-0.2, 0) is 9.47 Å². The number of hydrogen-bond acceptors (Lipinski definition) is 5. The van der Waals surface area contributed by atoms with E-state index in [0.717, 1.165) is 25.7 Å². The molecule has 2 rings (SSSR count). The summed E-state index contributed by atoms with van der Waals surface area (Å²) in [7, 11) is 1.70. The average molecular weight is 257 g/mol. The summed E-state index contributed by atoms with van der Waals surface area (Å²) in [5.74, 6) is 0. The molecule has 106 valence electrons. The van der Waals surface area contributed by atoms with Crippen molar-refractivity contribution in [2.45, 2.75) is 24.9 Å². The summed E-state index contributed by atoms with van der Waals surface area (Å²) < 4.78 is 10.6. The lowest BCUT2D eigenvalue weighted by molar-refractivity contribution is 0.00823. The van der Waals surface area contributed by atoms with Crippen molar-refractivity contribution in [1.29, 1.82) is 0 Å².